The molecule has 1 aromatic heterocycles. The number of ether oxygens (including phenoxy) is 1. The van der Waals surface area contributed by atoms with Crippen LogP contribution in [0, 0.1) is 5.92 Å². The Morgan fingerprint density at radius 3 is 2.96 bits per heavy atom. The molecule has 6 heteroatoms. The molecular formula is C19H19ClN2O3. The fourth-order valence-electron chi connectivity index (χ4n) is 3.55. The number of halogens is 1. The van der Waals surface area contributed by atoms with Crippen molar-refractivity contribution in [1.29, 1.82) is 0 Å². The summed E-state index contributed by atoms with van der Waals surface area (Å²) in [6.45, 7) is 0.699. The van der Waals surface area contributed by atoms with E-state index in [4.69, 9.17) is 16.3 Å². The Morgan fingerprint density at radius 2 is 2.20 bits per heavy atom. The van der Waals surface area contributed by atoms with Gasteiger partial charge in [0.25, 0.3) is 5.91 Å². The van der Waals surface area contributed by atoms with Crippen LogP contribution in [-0.4, -0.2) is 28.7 Å². The molecule has 2 heterocycles. The third-order valence-corrected chi connectivity index (χ3v) is 5.30. The van der Waals surface area contributed by atoms with Gasteiger partial charge in [0, 0.05) is 18.8 Å². The van der Waals surface area contributed by atoms with E-state index in [1.165, 1.54) is 11.8 Å². The van der Waals surface area contributed by atoms with Crippen LogP contribution in [0.3, 0.4) is 0 Å². The Kier molecular flexibility index (Phi) is 4.36. The number of rotatable bonds is 4. The zero-order chi connectivity index (χ0) is 17.4. The zero-order valence-electron chi connectivity index (χ0n) is 13.6. The number of hydrogen-bond acceptors (Lipinski definition) is 4. The van der Waals surface area contributed by atoms with E-state index < -0.39 is 0 Å². The molecule has 1 aliphatic carbocycles. The normalized spacial score (nSPS) is 22.5. The summed E-state index contributed by atoms with van der Waals surface area (Å²) in [5.41, 5.74) is 2.62. The summed E-state index contributed by atoms with van der Waals surface area (Å²) in [6.07, 6.45) is 4.98. The number of pyridine rings is 1. The molecule has 1 aliphatic heterocycles. The Hall–Kier alpha value is -2.11. The Morgan fingerprint density at radius 1 is 1.36 bits per heavy atom. The van der Waals surface area contributed by atoms with E-state index in [9.17, 15) is 9.90 Å². The summed E-state index contributed by atoms with van der Waals surface area (Å²) >= 11 is 6.10. The van der Waals surface area contributed by atoms with E-state index in [2.05, 4.69) is 16.4 Å². The second-order valence-corrected chi connectivity index (χ2v) is 7.06. The van der Waals surface area contributed by atoms with Gasteiger partial charge >= 0.3 is 0 Å². The number of amides is 1. The smallest absolute Gasteiger partial charge is 0.253 e. The molecule has 1 fully saturated rings. The largest absolute Gasteiger partial charge is 0.493 e. The number of hydrogen-bond donors (Lipinski definition) is 2. The summed E-state index contributed by atoms with van der Waals surface area (Å²) < 4.78 is 5.57. The summed E-state index contributed by atoms with van der Waals surface area (Å²) in [7, 11) is 0. The van der Waals surface area contributed by atoms with Crippen LogP contribution in [0.15, 0.2) is 36.7 Å². The maximum absolute atomic E-state index is 12.7. The second kappa shape index (κ2) is 6.65. The van der Waals surface area contributed by atoms with Crippen molar-refractivity contribution in [1.82, 2.24) is 10.3 Å². The van der Waals surface area contributed by atoms with Gasteiger partial charge in [-0.2, -0.15) is 0 Å². The molecule has 0 unspecified atom stereocenters. The quantitative estimate of drug-likeness (QED) is 0.881. The van der Waals surface area contributed by atoms with Gasteiger partial charge in [0.15, 0.2) is 0 Å². The first-order valence-corrected chi connectivity index (χ1v) is 8.83. The van der Waals surface area contributed by atoms with Gasteiger partial charge in [-0.15, -0.1) is 0 Å². The van der Waals surface area contributed by atoms with Crippen LogP contribution >= 0.6 is 11.6 Å². The van der Waals surface area contributed by atoms with Crippen molar-refractivity contribution in [2.45, 2.75) is 31.4 Å². The van der Waals surface area contributed by atoms with Gasteiger partial charge in [-0.3, -0.25) is 9.78 Å². The van der Waals surface area contributed by atoms with Gasteiger partial charge in [-0.1, -0.05) is 17.7 Å². The summed E-state index contributed by atoms with van der Waals surface area (Å²) in [5.74, 6) is 0.898. The predicted octanol–water partition coefficient (Wildman–Crippen LogP) is 2.91. The van der Waals surface area contributed by atoms with Crippen LogP contribution in [0.4, 0.5) is 0 Å². The maximum atomic E-state index is 12.7. The molecule has 0 saturated heterocycles. The van der Waals surface area contributed by atoms with Crippen molar-refractivity contribution in [3.8, 4) is 5.75 Å². The molecule has 25 heavy (non-hydrogen) atoms. The fourth-order valence-corrected chi connectivity index (χ4v) is 3.76. The minimum Gasteiger partial charge on any atom is -0.493 e. The molecule has 1 aromatic carbocycles. The molecular weight excluding hydrogens is 340 g/mol. The van der Waals surface area contributed by atoms with E-state index in [0.717, 1.165) is 17.7 Å². The minimum atomic E-state index is -0.285. The number of fused-ring (bicyclic) bond motifs is 1. The number of aliphatic hydroxyl groups is 1. The summed E-state index contributed by atoms with van der Waals surface area (Å²) in [6, 6.07) is 7.51. The number of aliphatic hydroxyl groups excluding tert-OH is 1. The van der Waals surface area contributed by atoms with Crippen molar-refractivity contribution >= 4 is 17.5 Å². The van der Waals surface area contributed by atoms with Gasteiger partial charge in [0.2, 0.25) is 0 Å². The van der Waals surface area contributed by atoms with Gasteiger partial charge in [0.05, 0.1) is 29.3 Å². The number of aromatic nitrogens is 1. The first-order chi connectivity index (χ1) is 12.1. The predicted molar refractivity (Wildman–Crippen MR) is 93.8 cm³/mol. The van der Waals surface area contributed by atoms with Crippen molar-refractivity contribution in [3.63, 3.8) is 0 Å². The van der Waals surface area contributed by atoms with Crippen molar-refractivity contribution in [2.24, 2.45) is 5.92 Å². The van der Waals surface area contributed by atoms with Crippen LogP contribution in [0.5, 0.6) is 5.75 Å². The monoisotopic (exact) mass is 358 g/mol. The van der Waals surface area contributed by atoms with Crippen LogP contribution < -0.4 is 10.1 Å². The first kappa shape index (κ1) is 16.4. The molecule has 5 nitrogen and oxygen atoms in total. The number of nitrogens with one attached hydrogen (secondary N) is 1. The van der Waals surface area contributed by atoms with Gasteiger partial charge < -0.3 is 15.2 Å². The molecule has 2 N–H and O–H groups in total. The van der Waals surface area contributed by atoms with Crippen molar-refractivity contribution in [3.05, 3.63) is 58.4 Å². The molecule has 1 amide bonds. The minimum absolute atomic E-state index is 0.161. The Balaban J connectivity index is 1.61. The van der Waals surface area contributed by atoms with E-state index in [-0.39, 0.29) is 24.0 Å². The average Bonchev–Trinajstić information content (AvgIpc) is 3.05. The molecule has 1 atom stereocenters. The van der Waals surface area contributed by atoms with E-state index in [0.29, 0.717) is 30.0 Å². The molecule has 0 radical (unpaired) electrons. The van der Waals surface area contributed by atoms with Gasteiger partial charge in [-0.05, 0) is 48.1 Å². The highest BCUT2D eigenvalue weighted by Gasteiger charge is 2.36. The first-order valence-electron chi connectivity index (χ1n) is 8.46. The highest BCUT2D eigenvalue weighted by Crippen LogP contribution is 2.40. The topological polar surface area (TPSA) is 71.5 Å². The van der Waals surface area contributed by atoms with E-state index in [1.54, 1.807) is 12.3 Å². The van der Waals surface area contributed by atoms with E-state index >= 15 is 0 Å². The molecule has 4 rings (SSSR count). The average molecular weight is 359 g/mol. The van der Waals surface area contributed by atoms with Gasteiger partial charge in [-0.25, -0.2) is 0 Å². The van der Waals surface area contributed by atoms with Crippen LogP contribution in [0.1, 0.15) is 40.4 Å². The third-order valence-electron chi connectivity index (χ3n) is 5.00. The molecule has 2 aromatic rings. The lowest BCUT2D eigenvalue weighted by atomic mass is 9.74. The molecule has 0 spiro atoms. The lowest BCUT2D eigenvalue weighted by molar-refractivity contribution is 0.0235. The lowest BCUT2D eigenvalue weighted by Crippen LogP contribution is -2.41. The molecule has 130 valence electrons. The number of benzene rings is 1. The highest BCUT2D eigenvalue weighted by atomic mass is 35.5. The molecule has 1 saturated carbocycles. The standard InChI is InChI=1S/C19H19ClN2O3/c20-16-10-21-5-3-15(16)19(24)22-18(13-8-14(23)9-13)12-1-2-17-11(7-12)4-6-25-17/h1-3,5,7,10,13-14,18,23H,4,6,8-9H2,(H,22,24)/t13?,14?,18-/m1/s1. The van der Waals surface area contributed by atoms with Crippen molar-refractivity contribution in [2.75, 3.05) is 6.61 Å². The van der Waals surface area contributed by atoms with Crippen LogP contribution in [0.25, 0.3) is 0 Å². The zero-order valence-corrected chi connectivity index (χ0v) is 14.4. The Labute approximate surface area is 151 Å². The summed E-state index contributed by atoms with van der Waals surface area (Å²) in [5, 5.41) is 13.1. The summed E-state index contributed by atoms with van der Waals surface area (Å²) in [4.78, 5) is 16.6. The Bertz CT molecular complexity index is 805. The van der Waals surface area contributed by atoms with E-state index in [1.807, 2.05) is 12.1 Å². The molecule has 0 bridgehead atoms. The fraction of sp³-hybridized carbons (Fsp3) is 0.368. The number of carbonyl (C=O) groups is 1. The number of carbonyl (C=O) groups excluding carboxylic acids is 1. The maximum Gasteiger partial charge on any atom is 0.253 e. The third kappa shape index (κ3) is 3.22. The van der Waals surface area contributed by atoms with Crippen molar-refractivity contribution < 1.29 is 14.6 Å². The lowest BCUT2D eigenvalue weighted by Gasteiger charge is -2.38. The second-order valence-electron chi connectivity index (χ2n) is 6.66. The van der Waals surface area contributed by atoms with Crippen LogP contribution in [0.2, 0.25) is 5.02 Å². The van der Waals surface area contributed by atoms with Gasteiger partial charge in [0.1, 0.15) is 5.75 Å². The number of nitrogens with zero attached hydrogens (tertiary/aromatic N) is 1. The molecule has 2 aliphatic rings. The van der Waals surface area contributed by atoms with Crippen LogP contribution in [-0.2, 0) is 6.42 Å². The highest BCUT2D eigenvalue weighted by molar-refractivity contribution is 6.33. The SMILES string of the molecule is O=C(N[C@H](c1ccc2c(c1)CCO2)C1CC(O)C1)c1ccncc1Cl.